The molecule has 0 atom stereocenters. The van der Waals surface area contributed by atoms with Gasteiger partial charge in [-0.25, -0.2) is 0 Å². The number of benzene rings is 2. The number of nitrogens with zero attached hydrogens (tertiary/aromatic N) is 2. The molecule has 0 radical (unpaired) electrons. The first-order valence-corrected chi connectivity index (χ1v) is 9.46. The van der Waals surface area contributed by atoms with E-state index in [-0.39, 0.29) is 18.4 Å². The second kappa shape index (κ2) is 8.71. The first kappa shape index (κ1) is 19.0. The van der Waals surface area contributed by atoms with Gasteiger partial charge >= 0.3 is 0 Å². The molecule has 0 saturated carbocycles. The van der Waals surface area contributed by atoms with E-state index >= 15 is 0 Å². The Morgan fingerprint density at radius 1 is 1.11 bits per heavy atom. The summed E-state index contributed by atoms with van der Waals surface area (Å²) in [5.74, 6) is 0.197. The molecular weight excluding hydrogens is 338 g/mol. The minimum Gasteiger partial charge on any atom is -0.376 e. The number of fused-ring (bicyclic) bond motifs is 1. The molecule has 1 aliphatic heterocycles. The topological polar surface area (TPSA) is 52.7 Å². The molecule has 0 bridgehead atoms. The van der Waals surface area contributed by atoms with Gasteiger partial charge in [-0.3, -0.25) is 9.59 Å². The monoisotopic (exact) mass is 365 g/mol. The first-order valence-electron chi connectivity index (χ1n) is 9.46. The number of aryl methyl sites for hydroxylation is 2. The SMILES string of the molecule is CN(C)C(=O)CCc1cccc(NCC(=O)N2CCCc3ccccc32)c1. The molecule has 1 aliphatic rings. The van der Waals surface area contributed by atoms with E-state index in [9.17, 15) is 9.59 Å². The average Bonchev–Trinajstić information content (AvgIpc) is 2.70. The molecule has 0 aliphatic carbocycles. The highest BCUT2D eigenvalue weighted by molar-refractivity contribution is 5.97. The molecule has 0 unspecified atom stereocenters. The van der Waals surface area contributed by atoms with E-state index in [0.29, 0.717) is 12.8 Å². The van der Waals surface area contributed by atoms with Gasteiger partial charge < -0.3 is 15.1 Å². The zero-order chi connectivity index (χ0) is 19.2. The molecule has 3 rings (SSSR count). The number of nitrogens with one attached hydrogen (secondary N) is 1. The van der Waals surface area contributed by atoms with E-state index < -0.39 is 0 Å². The van der Waals surface area contributed by atoms with E-state index in [1.165, 1.54) is 5.56 Å². The van der Waals surface area contributed by atoms with Crippen LogP contribution in [0.25, 0.3) is 0 Å². The van der Waals surface area contributed by atoms with Gasteiger partial charge in [-0.05, 0) is 48.6 Å². The van der Waals surface area contributed by atoms with Crippen molar-refractivity contribution in [2.24, 2.45) is 0 Å². The van der Waals surface area contributed by atoms with Crippen LogP contribution < -0.4 is 10.2 Å². The van der Waals surface area contributed by atoms with Gasteiger partial charge in [0.1, 0.15) is 0 Å². The van der Waals surface area contributed by atoms with Crippen molar-refractivity contribution in [2.75, 3.05) is 37.4 Å². The van der Waals surface area contributed by atoms with Crippen molar-refractivity contribution in [3.05, 3.63) is 59.7 Å². The lowest BCUT2D eigenvalue weighted by Gasteiger charge is -2.29. The zero-order valence-electron chi connectivity index (χ0n) is 16.1. The van der Waals surface area contributed by atoms with Gasteiger partial charge in [0.2, 0.25) is 11.8 Å². The van der Waals surface area contributed by atoms with Crippen molar-refractivity contribution >= 4 is 23.2 Å². The molecule has 2 aromatic rings. The van der Waals surface area contributed by atoms with Crippen LogP contribution in [-0.2, 0) is 22.4 Å². The van der Waals surface area contributed by atoms with Gasteiger partial charge in [0.05, 0.1) is 6.54 Å². The highest BCUT2D eigenvalue weighted by atomic mass is 16.2. The summed E-state index contributed by atoms with van der Waals surface area (Å²) in [5.41, 5.74) is 4.27. The van der Waals surface area contributed by atoms with Gasteiger partial charge in [0.25, 0.3) is 0 Å². The highest BCUT2D eigenvalue weighted by Crippen LogP contribution is 2.26. The van der Waals surface area contributed by atoms with Gasteiger partial charge in [-0.15, -0.1) is 0 Å². The fraction of sp³-hybridized carbons (Fsp3) is 0.364. The number of carbonyl (C=O) groups is 2. The fourth-order valence-electron chi connectivity index (χ4n) is 3.38. The highest BCUT2D eigenvalue weighted by Gasteiger charge is 2.21. The maximum absolute atomic E-state index is 12.7. The lowest BCUT2D eigenvalue weighted by Crippen LogP contribution is -2.39. The molecule has 0 saturated heterocycles. The Morgan fingerprint density at radius 3 is 2.74 bits per heavy atom. The van der Waals surface area contributed by atoms with Gasteiger partial charge in [-0.1, -0.05) is 30.3 Å². The summed E-state index contributed by atoms with van der Waals surface area (Å²) in [6.07, 6.45) is 3.21. The van der Waals surface area contributed by atoms with E-state index in [2.05, 4.69) is 11.4 Å². The predicted octanol–water partition coefficient (Wildman–Crippen LogP) is 3.10. The van der Waals surface area contributed by atoms with Crippen LogP contribution in [0.15, 0.2) is 48.5 Å². The zero-order valence-corrected chi connectivity index (χ0v) is 16.1. The number of rotatable bonds is 6. The summed E-state index contributed by atoms with van der Waals surface area (Å²) < 4.78 is 0. The Kier molecular flexibility index (Phi) is 6.12. The molecular formula is C22H27N3O2. The van der Waals surface area contributed by atoms with Gasteiger partial charge in [0, 0.05) is 38.4 Å². The summed E-state index contributed by atoms with van der Waals surface area (Å²) in [4.78, 5) is 28.0. The maximum atomic E-state index is 12.7. The standard InChI is InChI=1S/C22H27N3O2/c1-24(2)21(26)13-12-17-7-5-10-19(15-17)23-16-22(27)25-14-6-9-18-8-3-4-11-20(18)25/h3-5,7-8,10-11,15,23H,6,9,12-14,16H2,1-2H3. The average molecular weight is 365 g/mol. The Morgan fingerprint density at radius 2 is 1.93 bits per heavy atom. The second-order valence-corrected chi connectivity index (χ2v) is 7.12. The Labute approximate surface area is 161 Å². The van der Waals surface area contributed by atoms with Crippen LogP contribution in [-0.4, -0.2) is 43.9 Å². The second-order valence-electron chi connectivity index (χ2n) is 7.12. The van der Waals surface area contributed by atoms with Crippen LogP contribution in [0.2, 0.25) is 0 Å². The van der Waals surface area contributed by atoms with Crippen LogP contribution >= 0.6 is 0 Å². The number of carbonyl (C=O) groups excluding carboxylic acids is 2. The van der Waals surface area contributed by atoms with Crippen molar-refractivity contribution in [3.8, 4) is 0 Å². The molecule has 0 aromatic heterocycles. The van der Waals surface area contributed by atoms with Gasteiger partial charge in [-0.2, -0.15) is 0 Å². The summed E-state index contributed by atoms with van der Waals surface area (Å²) in [6.45, 7) is 1.03. The lowest BCUT2D eigenvalue weighted by molar-refractivity contribution is -0.128. The van der Waals surface area contributed by atoms with Crippen LogP contribution in [0.3, 0.4) is 0 Å². The third-order valence-corrected chi connectivity index (χ3v) is 4.91. The Bertz CT molecular complexity index is 817. The molecule has 1 N–H and O–H groups in total. The summed E-state index contributed by atoms with van der Waals surface area (Å²) in [5, 5.41) is 3.24. The van der Waals surface area contributed by atoms with Crippen molar-refractivity contribution in [3.63, 3.8) is 0 Å². The Hall–Kier alpha value is -2.82. The van der Waals surface area contributed by atoms with E-state index in [1.54, 1.807) is 19.0 Å². The van der Waals surface area contributed by atoms with E-state index in [4.69, 9.17) is 0 Å². The molecule has 5 heteroatoms. The van der Waals surface area contributed by atoms with Gasteiger partial charge in [0.15, 0.2) is 0 Å². The van der Waals surface area contributed by atoms with Crippen LogP contribution in [0.5, 0.6) is 0 Å². The number of anilines is 2. The summed E-state index contributed by atoms with van der Waals surface area (Å²) in [7, 11) is 3.54. The minimum absolute atomic E-state index is 0.0790. The predicted molar refractivity (Wildman–Crippen MR) is 109 cm³/mol. The van der Waals surface area contributed by atoms with Crippen molar-refractivity contribution < 1.29 is 9.59 Å². The van der Waals surface area contributed by atoms with Crippen LogP contribution in [0.1, 0.15) is 24.0 Å². The number of amides is 2. The van der Waals surface area contributed by atoms with E-state index in [1.807, 2.05) is 47.4 Å². The molecule has 2 aromatic carbocycles. The number of para-hydroxylation sites is 1. The summed E-state index contributed by atoms with van der Waals surface area (Å²) >= 11 is 0. The smallest absolute Gasteiger partial charge is 0.246 e. The number of hydrogen-bond donors (Lipinski definition) is 1. The maximum Gasteiger partial charge on any atom is 0.246 e. The summed E-state index contributed by atoms with van der Waals surface area (Å²) in [6, 6.07) is 16.1. The third kappa shape index (κ3) is 4.88. The van der Waals surface area contributed by atoms with Crippen LogP contribution in [0, 0.1) is 0 Å². The largest absolute Gasteiger partial charge is 0.376 e. The van der Waals surface area contributed by atoms with Crippen molar-refractivity contribution in [1.29, 1.82) is 0 Å². The first-order chi connectivity index (χ1) is 13.0. The minimum atomic E-state index is 0.0790. The molecule has 1 heterocycles. The molecule has 142 valence electrons. The molecule has 2 amide bonds. The molecule has 27 heavy (non-hydrogen) atoms. The van der Waals surface area contributed by atoms with Crippen molar-refractivity contribution in [2.45, 2.75) is 25.7 Å². The van der Waals surface area contributed by atoms with E-state index in [0.717, 1.165) is 36.3 Å². The van der Waals surface area contributed by atoms with Crippen LogP contribution in [0.4, 0.5) is 11.4 Å². The van der Waals surface area contributed by atoms with Crippen molar-refractivity contribution in [1.82, 2.24) is 4.90 Å². The third-order valence-electron chi connectivity index (χ3n) is 4.91. The lowest BCUT2D eigenvalue weighted by atomic mass is 10.0. The Balaban J connectivity index is 1.58. The molecule has 0 spiro atoms. The normalized spacial score (nSPS) is 13.0. The number of hydrogen-bond acceptors (Lipinski definition) is 3. The quantitative estimate of drug-likeness (QED) is 0.856. The molecule has 0 fully saturated rings. The fourth-order valence-corrected chi connectivity index (χ4v) is 3.38. The molecule has 5 nitrogen and oxygen atoms in total.